The van der Waals surface area contributed by atoms with E-state index in [0.717, 1.165) is 16.2 Å². The van der Waals surface area contributed by atoms with Crippen molar-refractivity contribution in [1.29, 1.82) is 10.5 Å². The molecule has 3 heterocycles. The minimum atomic E-state index is -1.30. The van der Waals surface area contributed by atoms with Crippen LogP contribution in [-0.4, -0.2) is 62.8 Å². The van der Waals surface area contributed by atoms with Gasteiger partial charge >= 0.3 is 5.97 Å². The van der Waals surface area contributed by atoms with Crippen molar-refractivity contribution in [3.05, 3.63) is 63.3 Å². The number of rotatable bonds is 7. The third-order valence-corrected chi connectivity index (χ3v) is 7.39. The predicted octanol–water partition coefficient (Wildman–Crippen LogP) is 1.27. The number of fused-ring (bicyclic) bond motifs is 1. The van der Waals surface area contributed by atoms with Crippen molar-refractivity contribution in [3.63, 3.8) is 0 Å². The predicted molar refractivity (Wildman–Crippen MR) is 135 cm³/mol. The Morgan fingerprint density at radius 2 is 2.14 bits per heavy atom. The minimum Gasteiger partial charge on any atom is -0.477 e. The zero-order valence-electron chi connectivity index (χ0n) is 19.0. The number of amides is 2. The van der Waals surface area contributed by atoms with Crippen LogP contribution in [0.1, 0.15) is 22.4 Å². The first-order chi connectivity index (χ1) is 17.8. The maximum absolute atomic E-state index is 13.0. The molecule has 14 heteroatoms. The zero-order chi connectivity index (χ0) is 26.7. The monoisotopic (exact) mass is 535 g/mol. The molecule has 1 fully saturated rings. The summed E-state index contributed by atoms with van der Waals surface area (Å²) in [5.74, 6) is -2.39. The number of carboxylic acid groups (broad SMARTS) is 1. The molecule has 0 bridgehead atoms. The molecule has 2 atom stereocenters. The molecule has 4 rings (SSSR count). The molecule has 4 N–H and O–H groups in total. The van der Waals surface area contributed by atoms with E-state index < -0.39 is 29.2 Å². The Labute approximate surface area is 218 Å². The number of benzene rings is 1. The van der Waals surface area contributed by atoms with Gasteiger partial charge in [0.25, 0.3) is 11.8 Å². The van der Waals surface area contributed by atoms with E-state index in [2.05, 4.69) is 15.5 Å². The second-order valence-electron chi connectivity index (χ2n) is 7.59. The highest BCUT2D eigenvalue weighted by molar-refractivity contribution is 8.00. The first-order valence-corrected chi connectivity index (χ1v) is 12.4. The summed E-state index contributed by atoms with van der Waals surface area (Å²) in [5, 5.41) is 35.6. The largest absolute Gasteiger partial charge is 0.477 e. The Bertz CT molecular complexity index is 1480. The number of β-lactam (4-membered cyclic amide) rings is 1. The fourth-order valence-corrected chi connectivity index (χ4v) is 5.60. The van der Waals surface area contributed by atoms with Crippen LogP contribution in [0, 0.1) is 22.7 Å². The normalized spacial score (nSPS) is 19.1. The zero-order valence-corrected chi connectivity index (χ0v) is 20.7. The quantitative estimate of drug-likeness (QED) is 0.264. The van der Waals surface area contributed by atoms with E-state index in [1.54, 1.807) is 18.2 Å². The van der Waals surface area contributed by atoms with Crippen LogP contribution >= 0.6 is 23.1 Å². The molecule has 12 nitrogen and oxygen atoms in total. The number of hydrogen-bond acceptors (Lipinski definition) is 11. The number of nitrogens with two attached hydrogens (primary N) is 1. The SMILES string of the molecule is CON=C(C(=O)NC1C(=O)N2C(C(=O)O)=C(C=Cc3ccc(C#N)cc3C#N)CS[C@H]12)c1csc(N)n1. The fraction of sp³-hybridized carbons (Fsp3) is 0.174. The van der Waals surface area contributed by atoms with Gasteiger partial charge in [-0.05, 0) is 23.3 Å². The van der Waals surface area contributed by atoms with Crippen molar-refractivity contribution in [2.24, 2.45) is 5.16 Å². The Hall–Kier alpha value is -4.66. The van der Waals surface area contributed by atoms with Gasteiger partial charge in [0.1, 0.15) is 29.9 Å². The standard InChI is InChI=1S/C23H17N7O5S2/c1-35-29-16(15-10-37-23(26)27-15)19(31)28-17-20(32)30-18(22(33)34)13(9-36-21(17)30)5-4-12-3-2-11(7-24)6-14(12)8-25/h2-6,10,17,21H,9H2,1H3,(H2,26,27)(H,28,31)(H,33,34)/t17?,21-/m1/s1. The number of oxime groups is 1. The number of allylic oxidation sites excluding steroid dienone is 1. The van der Waals surface area contributed by atoms with E-state index in [0.29, 0.717) is 16.7 Å². The average molecular weight is 536 g/mol. The number of aromatic nitrogens is 1. The summed E-state index contributed by atoms with van der Waals surface area (Å²) in [7, 11) is 1.26. The van der Waals surface area contributed by atoms with E-state index >= 15 is 0 Å². The summed E-state index contributed by atoms with van der Waals surface area (Å²) in [5.41, 5.74) is 6.87. The molecule has 186 valence electrons. The maximum Gasteiger partial charge on any atom is 0.352 e. The van der Waals surface area contributed by atoms with Crippen LogP contribution in [0.4, 0.5) is 5.13 Å². The van der Waals surface area contributed by atoms with Crippen LogP contribution in [0.5, 0.6) is 0 Å². The minimum absolute atomic E-state index is 0.171. The molecule has 37 heavy (non-hydrogen) atoms. The fourth-order valence-electron chi connectivity index (χ4n) is 3.73. The van der Waals surface area contributed by atoms with Crippen LogP contribution in [0.2, 0.25) is 0 Å². The Kier molecular flexibility index (Phi) is 7.24. The van der Waals surface area contributed by atoms with Crippen molar-refractivity contribution in [3.8, 4) is 12.1 Å². The first-order valence-electron chi connectivity index (χ1n) is 10.5. The van der Waals surface area contributed by atoms with Crippen molar-refractivity contribution < 1.29 is 24.3 Å². The van der Waals surface area contributed by atoms with Gasteiger partial charge in [-0.3, -0.25) is 14.5 Å². The van der Waals surface area contributed by atoms with Gasteiger partial charge in [0.2, 0.25) is 0 Å². The third kappa shape index (κ3) is 4.88. The van der Waals surface area contributed by atoms with Gasteiger partial charge in [0.05, 0.1) is 23.3 Å². The number of nitrogens with one attached hydrogen (secondary N) is 1. The third-order valence-electron chi connectivity index (χ3n) is 5.42. The van der Waals surface area contributed by atoms with Gasteiger partial charge in [-0.2, -0.15) is 10.5 Å². The number of carbonyl (C=O) groups excluding carboxylic acids is 2. The maximum atomic E-state index is 13.0. The molecule has 0 saturated carbocycles. The Morgan fingerprint density at radius 3 is 2.76 bits per heavy atom. The van der Waals surface area contributed by atoms with Crippen molar-refractivity contribution in [2.75, 3.05) is 18.6 Å². The number of nitrogens with zero attached hydrogens (tertiary/aromatic N) is 5. The van der Waals surface area contributed by atoms with E-state index in [1.807, 2.05) is 12.1 Å². The molecule has 0 spiro atoms. The van der Waals surface area contributed by atoms with Gasteiger partial charge in [0.15, 0.2) is 10.8 Å². The number of thioether (sulfide) groups is 1. The van der Waals surface area contributed by atoms with Crippen molar-refractivity contribution >= 4 is 57.8 Å². The lowest BCUT2D eigenvalue weighted by atomic mass is 10.0. The summed E-state index contributed by atoms with van der Waals surface area (Å²) in [6.45, 7) is 0. The van der Waals surface area contributed by atoms with Crippen LogP contribution in [0.3, 0.4) is 0 Å². The summed E-state index contributed by atoms with van der Waals surface area (Å²) in [6, 6.07) is 7.55. The number of carboxylic acids is 1. The van der Waals surface area contributed by atoms with Crippen molar-refractivity contribution in [2.45, 2.75) is 11.4 Å². The molecular formula is C23H17N7O5S2. The second kappa shape index (κ2) is 10.5. The Balaban J connectivity index is 1.56. The number of nitriles is 2. The smallest absolute Gasteiger partial charge is 0.352 e. The highest BCUT2D eigenvalue weighted by Gasteiger charge is 2.54. The summed E-state index contributed by atoms with van der Waals surface area (Å²) >= 11 is 2.38. The summed E-state index contributed by atoms with van der Waals surface area (Å²) < 4.78 is 0. The number of thiazole rings is 1. The highest BCUT2D eigenvalue weighted by Crippen LogP contribution is 2.41. The van der Waals surface area contributed by atoms with Gasteiger partial charge in [-0.1, -0.05) is 23.4 Å². The lowest BCUT2D eigenvalue weighted by molar-refractivity contribution is -0.150. The molecule has 0 radical (unpaired) electrons. The second-order valence-corrected chi connectivity index (χ2v) is 9.59. The number of hydrogen-bond donors (Lipinski definition) is 3. The Morgan fingerprint density at radius 1 is 1.35 bits per heavy atom. The molecule has 1 aromatic heterocycles. The number of anilines is 1. The van der Waals surface area contributed by atoms with E-state index in [9.17, 15) is 24.8 Å². The van der Waals surface area contributed by atoms with E-state index in [4.69, 9.17) is 15.8 Å². The topological polar surface area (TPSA) is 195 Å². The molecule has 1 unspecified atom stereocenters. The molecule has 1 saturated heterocycles. The number of aliphatic carboxylic acids is 1. The number of nitrogen functional groups attached to an aromatic ring is 1. The average Bonchev–Trinajstić information content (AvgIpc) is 3.33. The molecule has 1 aromatic carbocycles. The lowest BCUT2D eigenvalue weighted by Gasteiger charge is -2.49. The van der Waals surface area contributed by atoms with Crippen LogP contribution < -0.4 is 11.1 Å². The van der Waals surface area contributed by atoms with Crippen LogP contribution in [-0.2, 0) is 19.2 Å². The molecule has 2 aliphatic rings. The highest BCUT2D eigenvalue weighted by atomic mass is 32.2. The van der Waals surface area contributed by atoms with Gasteiger partial charge < -0.3 is 21.0 Å². The van der Waals surface area contributed by atoms with Crippen LogP contribution in [0.15, 0.2) is 46.1 Å². The lowest BCUT2D eigenvalue weighted by Crippen LogP contribution is -2.71. The molecular weight excluding hydrogens is 518 g/mol. The van der Waals surface area contributed by atoms with Gasteiger partial charge in [0, 0.05) is 11.1 Å². The van der Waals surface area contributed by atoms with Crippen LogP contribution in [0.25, 0.3) is 6.08 Å². The van der Waals surface area contributed by atoms with Crippen molar-refractivity contribution in [1.82, 2.24) is 15.2 Å². The molecule has 2 aromatic rings. The first kappa shape index (κ1) is 25.4. The molecule has 2 aliphatic heterocycles. The van der Waals surface area contributed by atoms with E-state index in [1.165, 1.54) is 36.4 Å². The summed E-state index contributed by atoms with van der Waals surface area (Å²) in [4.78, 5) is 47.8. The van der Waals surface area contributed by atoms with Gasteiger partial charge in [-0.15, -0.1) is 23.1 Å². The molecule has 0 aliphatic carbocycles. The van der Waals surface area contributed by atoms with Gasteiger partial charge in [-0.25, -0.2) is 9.78 Å². The summed E-state index contributed by atoms with van der Waals surface area (Å²) in [6.07, 6.45) is 3.10. The molecule has 2 amide bonds. The number of carbonyl (C=O) groups is 3. The van der Waals surface area contributed by atoms with E-state index in [-0.39, 0.29) is 33.6 Å².